The van der Waals surface area contributed by atoms with E-state index in [-0.39, 0.29) is 5.97 Å². The van der Waals surface area contributed by atoms with Gasteiger partial charge in [0, 0.05) is 6.20 Å². The summed E-state index contributed by atoms with van der Waals surface area (Å²) >= 11 is 1.28. The van der Waals surface area contributed by atoms with E-state index < -0.39 is 0 Å². The lowest BCUT2D eigenvalue weighted by Gasteiger charge is -2.05. The molecule has 0 spiro atoms. The van der Waals surface area contributed by atoms with Crippen LogP contribution in [0.3, 0.4) is 0 Å². The van der Waals surface area contributed by atoms with Gasteiger partial charge in [0.1, 0.15) is 21.8 Å². The molecule has 0 unspecified atom stereocenters. The molecule has 0 aliphatic heterocycles. The molecular formula is C15H13N3O3S. The van der Waals surface area contributed by atoms with Crippen LogP contribution in [0.4, 0.5) is 0 Å². The molecule has 0 bridgehead atoms. The lowest BCUT2D eigenvalue weighted by atomic mass is 10.2. The highest BCUT2D eigenvalue weighted by atomic mass is 32.1. The Bertz CT molecular complexity index is 818. The largest absolute Gasteiger partial charge is 0.462 e. The van der Waals surface area contributed by atoms with E-state index in [4.69, 9.17) is 9.47 Å². The fourth-order valence-electron chi connectivity index (χ4n) is 2.03. The normalized spacial score (nSPS) is 10.6. The van der Waals surface area contributed by atoms with Gasteiger partial charge < -0.3 is 9.47 Å². The molecule has 0 radical (unpaired) electrons. The third-order valence-corrected chi connectivity index (χ3v) is 4.18. The highest BCUT2D eigenvalue weighted by molar-refractivity contribution is 7.20. The van der Waals surface area contributed by atoms with E-state index in [1.165, 1.54) is 17.7 Å². The molecule has 3 aromatic rings. The van der Waals surface area contributed by atoms with Crippen molar-refractivity contribution in [3.8, 4) is 11.6 Å². The molecule has 7 heteroatoms. The molecule has 6 nitrogen and oxygen atoms in total. The maximum atomic E-state index is 12.0. The Morgan fingerprint density at radius 3 is 2.95 bits per heavy atom. The number of ether oxygens (including phenoxy) is 2. The number of thiophene rings is 1. The van der Waals surface area contributed by atoms with Crippen LogP contribution in [-0.4, -0.2) is 27.5 Å². The van der Waals surface area contributed by atoms with Crippen molar-refractivity contribution in [3.63, 3.8) is 0 Å². The average Bonchev–Trinajstić information content (AvgIpc) is 2.87. The average molecular weight is 315 g/mol. The number of hydrogen-bond acceptors (Lipinski definition) is 7. The summed E-state index contributed by atoms with van der Waals surface area (Å²) in [6.07, 6.45) is 4.68. The summed E-state index contributed by atoms with van der Waals surface area (Å²) in [5.41, 5.74) is 0.762. The predicted octanol–water partition coefficient (Wildman–Crippen LogP) is 3.36. The molecule has 0 aliphatic carbocycles. The molecule has 0 aromatic carbocycles. The van der Waals surface area contributed by atoms with Crippen molar-refractivity contribution < 1.29 is 14.3 Å². The van der Waals surface area contributed by atoms with Gasteiger partial charge in [0.25, 0.3) is 0 Å². The minimum atomic E-state index is -0.352. The van der Waals surface area contributed by atoms with Crippen molar-refractivity contribution in [3.05, 3.63) is 41.3 Å². The Morgan fingerprint density at radius 1 is 1.36 bits per heavy atom. The predicted molar refractivity (Wildman–Crippen MR) is 82.4 cm³/mol. The fraction of sp³-hybridized carbons (Fsp3) is 0.200. The number of esters is 1. The smallest absolute Gasteiger partial charge is 0.348 e. The number of fused-ring (bicyclic) bond motifs is 1. The molecule has 0 N–H and O–H groups in total. The van der Waals surface area contributed by atoms with Crippen LogP contribution in [0, 0.1) is 6.92 Å². The van der Waals surface area contributed by atoms with Gasteiger partial charge >= 0.3 is 5.97 Å². The molecule has 3 heterocycles. The molecule has 0 saturated carbocycles. The van der Waals surface area contributed by atoms with Crippen LogP contribution >= 0.6 is 11.3 Å². The van der Waals surface area contributed by atoms with Crippen LogP contribution in [-0.2, 0) is 4.74 Å². The van der Waals surface area contributed by atoms with Gasteiger partial charge in [0.15, 0.2) is 0 Å². The van der Waals surface area contributed by atoms with E-state index in [2.05, 4.69) is 15.0 Å². The minimum absolute atomic E-state index is 0.331. The van der Waals surface area contributed by atoms with Crippen LogP contribution in [0.2, 0.25) is 0 Å². The van der Waals surface area contributed by atoms with Crippen LogP contribution in [0.5, 0.6) is 11.6 Å². The molecule has 0 fully saturated rings. The number of aromatic nitrogens is 3. The molecule has 0 saturated heterocycles. The van der Waals surface area contributed by atoms with Gasteiger partial charge in [-0.1, -0.05) is 0 Å². The second kappa shape index (κ2) is 6.07. The lowest BCUT2D eigenvalue weighted by Crippen LogP contribution is -2.03. The standard InChI is InChI=1S/C15H13N3O3S/c1-3-20-15(19)12-9(2)11-13(17-8-18-14(11)22-12)21-10-5-4-6-16-7-10/h4-8H,3H2,1-2H3. The zero-order valence-corrected chi connectivity index (χ0v) is 12.9. The van der Waals surface area contributed by atoms with Crippen molar-refractivity contribution >= 4 is 27.5 Å². The molecule has 22 heavy (non-hydrogen) atoms. The van der Waals surface area contributed by atoms with Crippen LogP contribution in [0.25, 0.3) is 10.2 Å². The third kappa shape index (κ3) is 2.62. The number of carbonyl (C=O) groups excluding carboxylic acids is 1. The minimum Gasteiger partial charge on any atom is -0.462 e. The van der Waals surface area contributed by atoms with Gasteiger partial charge in [-0.25, -0.2) is 14.8 Å². The summed E-state index contributed by atoms with van der Waals surface area (Å²) in [4.78, 5) is 25.6. The van der Waals surface area contributed by atoms with E-state index >= 15 is 0 Å². The van der Waals surface area contributed by atoms with Gasteiger partial charge in [-0.3, -0.25) is 4.98 Å². The first kappa shape index (κ1) is 14.4. The van der Waals surface area contributed by atoms with E-state index in [9.17, 15) is 4.79 Å². The van der Waals surface area contributed by atoms with E-state index in [0.717, 1.165) is 10.9 Å². The van der Waals surface area contributed by atoms with Gasteiger partial charge in [-0.2, -0.15) is 0 Å². The Balaban J connectivity index is 2.06. The van der Waals surface area contributed by atoms with Crippen molar-refractivity contribution in [1.29, 1.82) is 0 Å². The van der Waals surface area contributed by atoms with Gasteiger partial charge in [-0.15, -0.1) is 11.3 Å². The van der Waals surface area contributed by atoms with Crippen molar-refractivity contribution in [2.45, 2.75) is 13.8 Å². The molecule has 3 aromatic heterocycles. The Labute approximate surface area is 130 Å². The summed E-state index contributed by atoms with van der Waals surface area (Å²) in [6, 6.07) is 3.56. The van der Waals surface area contributed by atoms with Crippen molar-refractivity contribution in [1.82, 2.24) is 15.0 Å². The van der Waals surface area contributed by atoms with Crippen molar-refractivity contribution in [2.24, 2.45) is 0 Å². The SMILES string of the molecule is CCOC(=O)c1sc2ncnc(Oc3cccnc3)c2c1C. The van der Waals surface area contributed by atoms with Crippen LogP contribution in [0.15, 0.2) is 30.9 Å². The Kier molecular flexibility index (Phi) is 3.97. The monoisotopic (exact) mass is 315 g/mol. The summed E-state index contributed by atoms with van der Waals surface area (Å²) in [7, 11) is 0. The molecule has 0 amide bonds. The van der Waals surface area contributed by atoms with E-state index in [1.54, 1.807) is 31.5 Å². The first-order chi connectivity index (χ1) is 10.7. The molecule has 0 atom stereocenters. The van der Waals surface area contributed by atoms with Gasteiger partial charge in [-0.05, 0) is 31.5 Å². The summed E-state index contributed by atoms with van der Waals surface area (Å²) in [5.74, 6) is 0.628. The van der Waals surface area contributed by atoms with Crippen molar-refractivity contribution in [2.75, 3.05) is 6.61 Å². The number of hydrogen-bond donors (Lipinski definition) is 0. The van der Waals surface area contributed by atoms with Gasteiger partial charge in [0.2, 0.25) is 5.88 Å². The molecule has 0 aliphatic rings. The fourth-order valence-corrected chi connectivity index (χ4v) is 3.06. The molecule has 3 rings (SSSR count). The van der Waals surface area contributed by atoms with Crippen LogP contribution in [0.1, 0.15) is 22.2 Å². The maximum Gasteiger partial charge on any atom is 0.348 e. The third-order valence-electron chi connectivity index (χ3n) is 3.00. The highest BCUT2D eigenvalue weighted by Gasteiger charge is 2.21. The second-order valence-corrected chi connectivity index (χ2v) is 5.43. The van der Waals surface area contributed by atoms with Crippen LogP contribution < -0.4 is 4.74 Å². The summed E-state index contributed by atoms with van der Waals surface area (Å²) < 4.78 is 10.8. The summed E-state index contributed by atoms with van der Waals surface area (Å²) in [6.45, 7) is 3.94. The number of carbonyl (C=O) groups is 1. The first-order valence-corrected chi connectivity index (χ1v) is 7.51. The topological polar surface area (TPSA) is 74.2 Å². The number of pyridine rings is 1. The maximum absolute atomic E-state index is 12.0. The lowest BCUT2D eigenvalue weighted by molar-refractivity contribution is 0.0531. The Hall–Kier alpha value is -2.54. The molecular weight excluding hydrogens is 302 g/mol. The van der Waals surface area contributed by atoms with E-state index in [1.807, 2.05) is 6.92 Å². The highest BCUT2D eigenvalue weighted by Crippen LogP contribution is 2.36. The van der Waals surface area contributed by atoms with E-state index in [0.29, 0.717) is 27.9 Å². The molecule has 112 valence electrons. The summed E-state index contributed by atoms with van der Waals surface area (Å²) in [5, 5.41) is 0.722. The zero-order valence-electron chi connectivity index (χ0n) is 12.1. The quantitative estimate of drug-likeness (QED) is 0.687. The number of nitrogens with zero attached hydrogens (tertiary/aromatic N) is 3. The number of rotatable bonds is 4. The Morgan fingerprint density at radius 2 is 2.23 bits per heavy atom. The first-order valence-electron chi connectivity index (χ1n) is 6.69. The zero-order chi connectivity index (χ0) is 15.5. The second-order valence-electron chi connectivity index (χ2n) is 4.43. The van der Waals surface area contributed by atoms with Gasteiger partial charge in [0.05, 0.1) is 18.2 Å². The number of aryl methyl sites for hydroxylation is 1.